The van der Waals surface area contributed by atoms with Crippen molar-refractivity contribution in [2.24, 2.45) is 0 Å². The van der Waals surface area contributed by atoms with Crippen molar-refractivity contribution in [1.29, 1.82) is 0 Å². The van der Waals surface area contributed by atoms with Crippen LogP contribution in [0.25, 0.3) is 0 Å². The van der Waals surface area contributed by atoms with E-state index in [1.165, 1.54) is 10.6 Å². The molecule has 3 rings (SSSR count). The Balaban J connectivity index is 1.40. The van der Waals surface area contributed by atoms with Crippen molar-refractivity contribution >= 4 is 21.8 Å². The molecule has 0 bridgehead atoms. The van der Waals surface area contributed by atoms with E-state index in [1.54, 1.807) is 4.90 Å². The van der Waals surface area contributed by atoms with Crippen LogP contribution in [0.2, 0.25) is 0 Å². The molecular weight excluding hydrogens is 360 g/mol. The monoisotopic (exact) mass is 388 g/mol. The summed E-state index contributed by atoms with van der Waals surface area (Å²) in [6.07, 6.45) is 2.66. The highest BCUT2D eigenvalue weighted by Crippen LogP contribution is 2.16. The molecule has 0 aromatic heterocycles. The molecule has 0 radical (unpaired) electrons. The molecule has 0 spiro atoms. The average molecular weight is 388 g/mol. The van der Waals surface area contributed by atoms with E-state index in [0.29, 0.717) is 65.5 Å². The Morgan fingerprint density at radius 2 is 1.58 bits per heavy atom. The summed E-state index contributed by atoms with van der Waals surface area (Å²) in [6.45, 7) is 5.15. The lowest BCUT2D eigenvalue weighted by molar-refractivity contribution is -0.143. The first-order valence-electron chi connectivity index (χ1n) is 9.20. The minimum atomic E-state index is -3.19. The van der Waals surface area contributed by atoms with E-state index >= 15 is 0 Å². The maximum Gasteiger partial charge on any atom is 0.251 e. The Labute approximate surface area is 154 Å². The molecule has 148 valence electrons. The van der Waals surface area contributed by atoms with Crippen molar-refractivity contribution in [2.75, 3.05) is 71.8 Å². The van der Waals surface area contributed by atoms with Gasteiger partial charge < -0.3 is 14.5 Å². The van der Waals surface area contributed by atoms with Gasteiger partial charge in [0, 0.05) is 59.0 Å². The largest absolute Gasteiger partial charge is 0.368 e. The van der Waals surface area contributed by atoms with E-state index in [1.807, 2.05) is 4.90 Å². The van der Waals surface area contributed by atoms with Crippen molar-refractivity contribution in [3.05, 3.63) is 0 Å². The lowest BCUT2D eigenvalue weighted by Crippen LogP contribution is -2.55. The molecule has 0 aliphatic carbocycles. The third-order valence-electron chi connectivity index (χ3n) is 5.31. The normalized spacial score (nSPS) is 26.3. The van der Waals surface area contributed by atoms with Gasteiger partial charge in [-0.15, -0.1) is 0 Å². The second-order valence-corrected chi connectivity index (χ2v) is 9.13. The van der Waals surface area contributed by atoms with Gasteiger partial charge in [0.25, 0.3) is 5.91 Å². The van der Waals surface area contributed by atoms with E-state index in [4.69, 9.17) is 4.74 Å². The van der Waals surface area contributed by atoms with Crippen LogP contribution in [0, 0.1) is 0 Å². The van der Waals surface area contributed by atoms with Crippen LogP contribution in [0.15, 0.2) is 0 Å². The molecule has 1 atom stereocenters. The highest BCUT2D eigenvalue weighted by Gasteiger charge is 2.31. The van der Waals surface area contributed by atoms with E-state index < -0.39 is 10.0 Å². The molecule has 3 aliphatic rings. The maximum absolute atomic E-state index is 12.5. The number of carbonyl (C=O) groups is 2. The van der Waals surface area contributed by atoms with Crippen molar-refractivity contribution in [3.63, 3.8) is 0 Å². The van der Waals surface area contributed by atoms with Crippen LogP contribution in [0.4, 0.5) is 0 Å². The Hall–Kier alpha value is -1.23. The highest BCUT2D eigenvalue weighted by molar-refractivity contribution is 7.88. The predicted molar refractivity (Wildman–Crippen MR) is 95.0 cm³/mol. The summed E-state index contributed by atoms with van der Waals surface area (Å²) in [4.78, 5) is 30.4. The van der Waals surface area contributed by atoms with Crippen molar-refractivity contribution in [3.8, 4) is 0 Å². The van der Waals surface area contributed by atoms with Gasteiger partial charge in [-0.05, 0) is 12.8 Å². The lowest BCUT2D eigenvalue weighted by atomic mass is 10.2. The fourth-order valence-electron chi connectivity index (χ4n) is 3.66. The zero-order valence-electron chi connectivity index (χ0n) is 15.3. The Morgan fingerprint density at radius 1 is 0.962 bits per heavy atom. The molecule has 1 unspecified atom stereocenters. The summed E-state index contributed by atoms with van der Waals surface area (Å²) in [7, 11) is -3.19. The summed E-state index contributed by atoms with van der Waals surface area (Å²) in [5.41, 5.74) is 0. The molecule has 26 heavy (non-hydrogen) atoms. The van der Waals surface area contributed by atoms with E-state index in [9.17, 15) is 18.0 Å². The number of rotatable bonds is 4. The Morgan fingerprint density at radius 3 is 2.12 bits per heavy atom. The van der Waals surface area contributed by atoms with Crippen molar-refractivity contribution < 1.29 is 22.7 Å². The predicted octanol–water partition coefficient (Wildman–Crippen LogP) is -1.59. The number of nitrogens with zero attached hydrogens (tertiary/aromatic N) is 4. The standard InChI is InChI=1S/C16H28N4O5S/c1-26(23,24)20-10-8-18(9-11-20)15(21)13-17-4-6-19(7-5-17)16(22)14-3-2-12-25-14/h14H,2-13H2,1H3. The van der Waals surface area contributed by atoms with Gasteiger partial charge in [0.15, 0.2) is 0 Å². The van der Waals surface area contributed by atoms with Crippen molar-refractivity contribution in [1.82, 2.24) is 19.0 Å². The highest BCUT2D eigenvalue weighted by atomic mass is 32.2. The third-order valence-corrected chi connectivity index (χ3v) is 6.61. The van der Waals surface area contributed by atoms with Crippen molar-refractivity contribution in [2.45, 2.75) is 18.9 Å². The molecule has 0 aromatic rings. The van der Waals surface area contributed by atoms with Crippen LogP contribution in [0.5, 0.6) is 0 Å². The first-order valence-corrected chi connectivity index (χ1v) is 11.0. The van der Waals surface area contributed by atoms with Gasteiger partial charge in [-0.2, -0.15) is 4.31 Å². The molecule has 0 N–H and O–H groups in total. The molecule has 0 saturated carbocycles. The van der Waals surface area contributed by atoms with Gasteiger partial charge in [-0.25, -0.2) is 8.42 Å². The molecule has 3 heterocycles. The van der Waals surface area contributed by atoms with Crippen LogP contribution in [0.1, 0.15) is 12.8 Å². The van der Waals surface area contributed by atoms with Gasteiger partial charge >= 0.3 is 0 Å². The molecule has 2 amide bonds. The van der Waals surface area contributed by atoms with Crippen LogP contribution >= 0.6 is 0 Å². The Kier molecular flexibility index (Phi) is 6.16. The Bertz CT molecular complexity index is 619. The summed E-state index contributed by atoms with van der Waals surface area (Å²) < 4.78 is 29.9. The molecule has 9 nitrogen and oxygen atoms in total. The minimum absolute atomic E-state index is 0.0250. The molecule has 10 heteroatoms. The van der Waals surface area contributed by atoms with Gasteiger partial charge in [-0.3, -0.25) is 14.5 Å². The smallest absolute Gasteiger partial charge is 0.251 e. The first-order chi connectivity index (χ1) is 12.3. The second-order valence-electron chi connectivity index (χ2n) is 7.15. The number of sulfonamides is 1. The molecular formula is C16H28N4O5S. The van der Waals surface area contributed by atoms with Crippen LogP contribution in [-0.2, 0) is 24.3 Å². The molecule has 3 saturated heterocycles. The second kappa shape index (κ2) is 8.20. The van der Waals surface area contributed by atoms with Gasteiger partial charge in [0.1, 0.15) is 6.10 Å². The zero-order valence-corrected chi connectivity index (χ0v) is 16.1. The van der Waals surface area contributed by atoms with E-state index in [-0.39, 0.29) is 17.9 Å². The van der Waals surface area contributed by atoms with Crippen LogP contribution in [-0.4, -0.2) is 117 Å². The fourth-order valence-corrected chi connectivity index (χ4v) is 4.49. The number of hydrogen-bond donors (Lipinski definition) is 0. The fraction of sp³-hybridized carbons (Fsp3) is 0.875. The lowest BCUT2D eigenvalue weighted by Gasteiger charge is -2.37. The zero-order chi connectivity index (χ0) is 18.7. The number of amides is 2. The number of piperazine rings is 2. The summed E-state index contributed by atoms with van der Waals surface area (Å²) in [5, 5.41) is 0. The van der Waals surface area contributed by atoms with Crippen LogP contribution in [0.3, 0.4) is 0 Å². The van der Waals surface area contributed by atoms with Gasteiger partial charge in [-0.1, -0.05) is 0 Å². The maximum atomic E-state index is 12.5. The van der Waals surface area contributed by atoms with E-state index in [2.05, 4.69) is 4.90 Å². The number of ether oxygens (including phenoxy) is 1. The number of hydrogen-bond acceptors (Lipinski definition) is 6. The third kappa shape index (κ3) is 4.73. The van der Waals surface area contributed by atoms with Gasteiger partial charge in [0.2, 0.25) is 15.9 Å². The average Bonchev–Trinajstić information content (AvgIpc) is 3.16. The summed E-state index contributed by atoms with van der Waals surface area (Å²) >= 11 is 0. The quantitative estimate of drug-likeness (QED) is 0.577. The molecule has 3 fully saturated rings. The van der Waals surface area contributed by atoms with Gasteiger partial charge in [0.05, 0.1) is 12.8 Å². The topological polar surface area (TPSA) is 90.5 Å². The number of carbonyl (C=O) groups excluding carboxylic acids is 2. The first kappa shape index (κ1) is 19.5. The summed E-state index contributed by atoms with van der Waals surface area (Å²) in [6, 6.07) is 0. The molecule has 3 aliphatic heterocycles. The summed E-state index contributed by atoms with van der Waals surface area (Å²) in [5.74, 6) is 0.0995. The molecule has 0 aromatic carbocycles. The minimum Gasteiger partial charge on any atom is -0.368 e. The SMILES string of the molecule is CS(=O)(=O)N1CCN(C(=O)CN2CCN(C(=O)C3CCCO3)CC2)CC1. The van der Waals surface area contributed by atoms with E-state index in [0.717, 1.165) is 12.8 Å². The van der Waals surface area contributed by atoms with Crippen LogP contribution < -0.4 is 0 Å².